The summed E-state index contributed by atoms with van der Waals surface area (Å²) in [5, 5.41) is 22.8. The van der Waals surface area contributed by atoms with Crippen LogP contribution in [-0.4, -0.2) is 33.0 Å². The zero-order chi connectivity index (χ0) is 18.0. The molecule has 2 N–H and O–H groups in total. The van der Waals surface area contributed by atoms with Crippen molar-refractivity contribution in [1.29, 1.82) is 0 Å². The Bertz CT molecular complexity index is 762. The predicted molar refractivity (Wildman–Crippen MR) is 93.6 cm³/mol. The number of rotatable bonds is 5. The van der Waals surface area contributed by atoms with Crippen LogP contribution in [0.15, 0.2) is 30.3 Å². The summed E-state index contributed by atoms with van der Waals surface area (Å²) < 4.78 is 15.8. The Balaban J connectivity index is 1.94. The van der Waals surface area contributed by atoms with E-state index in [0.717, 1.165) is 16.7 Å². The van der Waals surface area contributed by atoms with Gasteiger partial charge in [-0.25, -0.2) is 0 Å². The molecule has 1 heterocycles. The van der Waals surface area contributed by atoms with Gasteiger partial charge in [-0.1, -0.05) is 6.07 Å². The maximum absolute atomic E-state index is 12.5. The van der Waals surface area contributed by atoms with Crippen molar-refractivity contribution in [2.45, 2.75) is 18.9 Å². The van der Waals surface area contributed by atoms with E-state index < -0.39 is 0 Å². The molecule has 0 aromatic heterocycles. The standard InChI is InChI=1S/C19H23NO5/c1-23-17-5-4-12(9-19(17)25-3)8-15-14-11-16(21)18(24-2)10-13(14)6-7-20(15)22/h4-5,9-11,15,20-21H,6-8H2,1-3H3/t15-/m0/s1. The Morgan fingerprint density at radius 1 is 1.04 bits per heavy atom. The van der Waals surface area contributed by atoms with Crippen molar-refractivity contribution in [3.8, 4) is 23.0 Å². The molecule has 0 saturated heterocycles. The lowest BCUT2D eigenvalue weighted by Crippen LogP contribution is -3.09. The quantitative estimate of drug-likeness (QED) is 0.806. The summed E-state index contributed by atoms with van der Waals surface area (Å²) >= 11 is 0. The molecule has 1 aliphatic rings. The van der Waals surface area contributed by atoms with Gasteiger partial charge in [0.25, 0.3) is 0 Å². The summed E-state index contributed by atoms with van der Waals surface area (Å²) in [6.45, 7) is 0.499. The van der Waals surface area contributed by atoms with E-state index in [2.05, 4.69) is 0 Å². The van der Waals surface area contributed by atoms with Crippen LogP contribution in [0.4, 0.5) is 0 Å². The van der Waals surface area contributed by atoms with Gasteiger partial charge in [0.05, 0.1) is 27.9 Å². The Morgan fingerprint density at radius 3 is 2.44 bits per heavy atom. The molecule has 6 heteroatoms. The molecule has 0 radical (unpaired) electrons. The Labute approximate surface area is 147 Å². The Hall–Kier alpha value is -2.44. The van der Waals surface area contributed by atoms with E-state index in [0.29, 0.717) is 36.6 Å². The third-order valence-electron chi connectivity index (χ3n) is 4.73. The number of nitrogens with one attached hydrogen (secondary N) is 1. The third-order valence-corrected chi connectivity index (χ3v) is 4.73. The largest absolute Gasteiger partial charge is 0.634 e. The van der Waals surface area contributed by atoms with E-state index in [-0.39, 0.29) is 16.9 Å². The van der Waals surface area contributed by atoms with E-state index in [9.17, 15) is 10.3 Å². The molecule has 2 atom stereocenters. The van der Waals surface area contributed by atoms with Gasteiger partial charge in [0, 0.05) is 18.4 Å². The highest BCUT2D eigenvalue weighted by atomic mass is 16.5. The molecule has 0 saturated carbocycles. The number of aromatic hydroxyl groups is 1. The van der Waals surface area contributed by atoms with Crippen molar-refractivity contribution >= 4 is 0 Å². The average Bonchev–Trinajstić information content (AvgIpc) is 2.63. The molecule has 0 aliphatic carbocycles. The van der Waals surface area contributed by atoms with Gasteiger partial charge in [0.2, 0.25) is 0 Å². The maximum Gasteiger partial charge on any atom is 0.160 e. The van der Waals surface area contributed by atoms with Crippen LogP contribution < -0.4 is 19.3 Å². The molecule has 6 nitrogen and oxygen atoms in total. The third kappa shape index (κ3) is 3.36. The predicted octanol–water partition coefficient (Wildman–Crippen LogP) is 1.64. The van der Waals surface area contributed by atoms with Crippen LogP contribution in [0.25, 0.3) is 0 Å². The summed E-state index contributed by atoms with van der Waals surface area (Å²) in [5.41, 5.74) is 2.92. The average molecular weight is 345 g/mol. The molecule has 0 bridgehead atoms. The summed E-state index contributed by atoms with van der Waals surface area (Å²) in [5.74, 6) is 1.80. The second-order valence-electron chi connectivity index (χ2n) is 6.14. The second-order valence-corrected chi connectivity index (χ2v) is 6.14. The van der Waals surface area contributed by atoms with E-state index in [4.69, 9.17) is 14.2 Å². The van der Waals surface area contributed by atoms with Crippen LogP contribution in [0.1, 0.15) is 22.7 Å². The topological polar surface area (TPSA) is 75.4 Å². The van der Waals surface area contributed by atoms with Crippen LogP contribution in [0.2, 0.25) is 0 Å². The lowest BCUT2D eigenvalue weighted by atomic mass is 9.89. The lowest BCUT2D eigenvalue weighted by molar-refractivity contribution is -0.884. The van der Waals surface area contributed by atoms with Crippen LogP contribution in [0.3, 0.4) is 0 Å². The fourth-order valence-corrected chi connectivity index (χ4v) is 3.40. The smallest absolute Gasteiger partial charge is 0.160 e. The van der Waals surface area contributed by atoms with Gasteiger partial charge in [0.1, 0.15) is 6.04 Å². The van der Waals surface area contributed by atoms with Gasteiger partial charge in [-0.05, 0) is 35.4 Å². The first-order chi connectivity index (χ1) is 12.1. The molecule has 1 aliphatic heterocycles. The van der Waals surface area contributed by atoms with Gasteiger partial charge in [0.15, 0.2) is 23.0 Å². The molecule has 1 unspecified atom stereocenters. The SMILES string of the molecule is COc1cc2c(cc1O)[C@H](Cc1ccc(OC)c(OC)c1)[NH+]([O-])CC2. The number of hydroxylamine groups is 2. The van der Waals surface area contributed by atoms with Crippen LogP contribution >= 0.6 is 0 Å². The van der Waals surface area contributed by atoms with Crippen molar-refractivity contribution in [1.82, 2.24) is 0 Å². The number of quaternary nitrogens is 1. The monoisotopic (exact) mass is 345 g/mol. The van der Waals surface area contributed by atoms with Gasteiger partial charge < -0.3 is 29.6 Å². The molecule has 134 valence electrons. The fraction of sp³-hybridized carbons (Fsp3) is 0.368. The minimum absolute atomic E-state index is 0.0632. The van der Waals surface area contributed by atoms with Crippen LogP contribution in [0.5, 0.6) is 23.0 Å². The minimum atomic E-state index is -0.279. The van der Waals surface area contributed by atoms with Crippen molar-refractivity contribution < 1.29 is 24.4 Å². The summed E-state index contributed by atoms with van der Waals surface area (Å²) in [6.07, 6.45) is 1.23. The van der Waals surface area contributed by atoms with Gasteiger partial charge >= 0.3 is 0 Å². The molecule has 25 heavy (non-hydrogen) atoms. The molecular formula is C19H23NO5. The Kier molecular flexibility index (Phi) is 5.01. The number of hydrogen-bond donors (Lipinski definition) is 2. The van der Waals surface area contributed by atoms with Crippen molar-refractivity contribution in [2.24, 2.45) is 0 Å². The van der Waals surface area contributed by atoms with Crippen LogP contribution in [-0.2, 0) is 12.8 Å². The number of ether oxygens (including phenoxy) is 3. The maximum atomic E-state index is 12.5. The highest BCUT2D eigenvalue weighted by Crippen LogP contribution is 2.35. The summed E-state index contributed by atoms with van der Waals surface area (Å²) in [7, 11) is 4.71. The second kappa shape index (κ2) is 7.21. The minimum Gasteiger partial charge on any atom is -0.634 e. The molecule has 0 spiro atoms. The normalized spacial score (nSPS) is 19.2. The van der Waals surface area contributed by atoms with E-state index in [1.807, 2.05) is 24.3 Å². The number of benzene rings is 2. The van der Waals surface area contributed by atoms with Crippen molar-refractivity contribution in [3.05, 3.63) is 52.2 Å². The first-order valence-electron chi connectivity index (χ1n) is 8.20. The number of fused-ring (bicyclic) bond motifs is 1. The summed E-state index contributed by atoms with van der Waals surface area (Å²) in [4.78, 5) is 0. The van der Waals surface area contributed by atoms with Gasteiger partial charge in [-0.15, -0.1) is 0 Å². The molecule has 2 aromatic rings. The molecular weight excluding hydrogens is 322 g/mol. The summed E-state index contributed by atoms with van der Waals surface area (Å²) in [6, 6.07) is 8.89. The van der Waals surface area contributed by atoms with Gasteiger partial charge in [-0.2, -0.15) is 0 Å². The Morgan fingerprint density at radius 2 is 1.76 bits per heavy atom. The van der Waals surface area contributed by atoms with E-state index in [1.165, 1.54) is 7.11 Å². The number of phenols is 1. The highest BCUT2D eigenvalue weighted by molar-refractivity contribution is 5.49. The fourth-order valence-electron chi connectivity index (χ4n) is 3.40. The molecule has 0 fully saturated rings. The highest BCUT2D eigenvalue weighted by Gasteiger charge is 2.28. The van der Waals surface area contributed by atoms with Crippen LogP contribution in [0, 0.1) is 5.21 Å². The number of methoxy groups -OCH3 is 3. The first-order valence-corrected chi connectivity index (χ1v) is 8.20. The number of phenolic OH excluding ortho intramolecular Hbond substituents is 1. The van der Waals surface area contributed by atoms with E-state index >= 15 is 0 Å². The van der Waals surface area contributed by atoms with Crippen molar-refractivity contribution in [3.63, 3.8) is 0 Å². The van der Waals surface area contributed by atoms with Gasteiger partial charge in [-0.3, -0.25) is 0 Å². The zero-order valence-electron chi connectivity index (χ0n) is 14.7. The van der Waals surface area contributed by atoms with E-state index in [1.54, 1.807) is 20.3 Å². The number of hydrogen-bond acceptors (Lipinski definition) is 5. The molecule has 2 aromatic carbocycles. The first kappa shape index (κ1) is 17.4. The molecule has 0 amide bonds. The molecule has 3 rings (SSSR count). The lowest BCUT2D eigenvalue weighted by Gasteiger charge is -2.37. The van der Waals surface area contributed by atoms with Crippen molar-refractivity contribution in [2.75, 3.05) is 27.9 Å². The zero-order valence-corrected chi connectivity index (χ0v) is 14.7.